The van der Waals surface area contributed by atoms with Crippen LogP contribution in [-0.2, 0) is 6.54 Å². The molecule has 0 unspecified atom stereocenters. The highest BCUT2D eigenvalue weighted by molar-refractivity contribution is 5.32. The van der Waals surface area contributed by atoms with Crippen LogP contribution in [0.25, 0.3) is 0 Å². The lowest BCUT2D eigenvalue weighted by Crippen LogP contribution is -2.88. The van der Waals surface area contributed by atoms with Gasteiger partial charge in [-0.1, -0.05) is 18.6 Å². The van der Waals surface area contributed by atoms with Gasteiger partial charge in [0.2, 0.25) is 0 Å². The Labute approximate surface area is 98.0 Å². The van der Waals surface area contributed by atoms with Gasteiger partial charge >= 0.3 is 0 Å². The fourth-order valence-corrected chi connectivity index (χ4v) is 2.54. The first-order valence-electron chi connectivity index (χ1n) is 6.35. The molecule has 1 saturated carbocycles. The van der Waals surface area contributed by atoms with Crippen molar-refractivity contribution >= 4 is 0 Å². The second-order valence-corrected chi connectivity index (χ2v) is 4.65. The molecular weight excluding hydrogens is 198 g/mol. The first-order valence-corrected chi connectivity index (χ1v) is 6.35. The second-order valence-electron chi connectivity index (χ2n) is 4.65. The predicted octanol–water partition coefficient (Wildman–Crippen LogP) is 2.09. The Hall–Kier alpha value is -1.02. The summed E-state index contributed by atoms with van der Waals surface area (Å²) in [6.07, 6.45) is 7.02. The van der Waals surface area contributed by atoms with Crippen LogP contribution >= 0.6 is 0 Å². The van der Waals surface area contributed by atoms with Crippen molar-refractivity contribution in [1.82, 2.24) is 0 Å². The van der Waals surface area contributed by atoms with Crippen molar-refractivity contribution < 1.29 is 10.1 Å². The number of ether oxygens (including phenoxy) is 1. The van der Waals surface area contributed by atoms with E-state index in [9.17, 15) is 0 Å². The molecule has 0 atom stereocenters. The van der Waals surface area contributed by atoms with Crippen molar-refractivity contribution in [2.45, 2.75) is 44.7 Å². The van der Waals surface area contributed by atoms with Gasteiger partial charge in [-0.05, 0) is 37.8 Å². The highest BCUT2D eigenvalue weighted by atomic mass is 16.5. The van der Waals surface area contributed by atoms with Crippen LogP contribution in [0.2, 0.25) is 0 Å². The van der Waals surface area contributed by atoms with E-state index in [0.717, 1.165) is 18.3 Å². The van der Waals surface area contributed by atoms with Gasteiger partial charge in [0, 0.05) is 5.56 Å². The van der Waals surface area contributed by atoms with Crippen molar-refractivity contribution in [3.63, 3.8) is 0 Å². The Morgan fingerprint density at radius 1 is 1.19 bits per heavy atom. The molecule has 2 N–H and O–H groups in total. The minimum Gasteiger partial charge on any atom is -0.496 e. The number of rotatable bonds is 4. The van der Waals surface area contributed by atoms with Gasteiger partial charge in [0.05, 0.1) is 13.2 Å². The van der Waals surface area contributed by atoms with E-state index in [2.05, 4.69) is 17.4 Å². The van der Waals surface area contributed by atoms with Crippen LogP contribution in [0, 0.1) is 0 Å². The molecule has 0 radical (unpaired) electrons. The Bertz CT molecular complexity index is 318. The Balaban J connectivity index is 1.88. The maximum absolute atomic E-state index is 5.37. The van der Waals surface area contributed by atoms with Gasteiger partial charge in [0.25, 0.3) is 0 Å². The van der Waals surface area contributed by atoms with Crippen molar-refractivity contribution in [2.75, 3.05) is 7.11 Å². The molecule has 1 aromatic rings. The van der Waals surface area contributed by atoms with Gasteiger partial charge in [0.1, 0.15) is 12.3 Å². The molecule has 0 saturated heterocycles. The van der Waals surface area contributed by atoms with Gasteiger partial charge in [-0.25, -0.2) is 0 Å². The maximum atomic E-state index is 5.37. The van der Waals surface area contributed by atoms with Crippen molar-refractivity contribution in [2.24, 2.45) is 0 Å². The number of hydrogen-bond donors (Lipinski definition) is 1. The quantitative estimate of drug-likeness (QED) is 0.826. The van der Waals surface area contributed by atoms with Gasteiger partial charge in [-0.15, -0.1) is 0 Å². The molecule has 16 heavy (non-hydrogen) atoms. The van der Waals surface area contributed by atoms with Crippen LogP contribution in [0.3, 0.4) is 0 Å². The molecule has 0 spiro atoms. The Morgan fingerprint density at radius 3 is 2.69 bits per heavy atom. The molecular formula is C14H22NO+. The number of quaternary nitrogens is 1. The zero-order chi connectivity index (χ0) is 11.2. The van der Waals surface area contributed by atoms with Crippen molar-refractivity contribution in [3.05, 3.63) is 29.8 Å². The first kappa shape index (κ1) is 11.5. The molecule has 0 bridgehead atoms. The molecule has 2 heteroatoms. The average molecular weight is 220 g/mol. The summed E-state index contributed by atoms with van der Waals surface area (Å²) in [6.45, 7) is 1.05. The number of benzene rings is 1. The fourth-order valence-electron chi connectivity index (χ4n) is 2.54. The average Bonchev–Trinajstić information content (AvgIpc) is 2.38. The van der Waals surface area contributed by atoms with E-state index in [1.165, 1.54) is 37.7 Å². The van der Waals surface area contributed by atoms with Crippen molar-refractivity contribution in [1.29, 1.82) is 0 Å². The van der Waals surface area contributed by atoms with Crippen molar-refractivity contribution in [3.8, 4) is 5.75 Å². The molecule has 0 aromatic heterocycles. The molecule has 1 fully saturated rings. The standard InChI is InChI=1S/C14H21NO/c1-16-14-10-6-5-7-12(14)11-15-13-8-3-2-4-9-13/h5-7,10,13,15H,2-4,8-9,11H2,1H3/p+1. The highest BCUT2D eigenvalue weighted by Gasteiger charge is 2.16. The largest absolute Gasteiger partial charge is 0.496 e. The molecule has 0 aliphatic heterocycles. The van der Waals surface area contributed by atoms with Crippen LogP contribution in [0.1, 0.15) is 37.7 Å². The molecule has 1 aromatic carbocycles. The smallest absolute Gasteiger partial charge is 0.127 e. The van der Waals surface area contributed by atoms with Crippen LogP contribution in [0.4, 0.5) is 0 Å². The van der Waals surface area contributed by atoms with Crippen LogP contribution in [0.5, 0.6) is 5.75 Å². The summed E-state index contributed by atoms with van der Waals surface area (Å²) < 4.78 is 5.37. The van der Waals surface area contributed by atoms with E-state index in [-0.39, 0.29) is 0 Å². The zero-order valence-corrected chi connectivity index (χ0v) is 10.1. The third-order valence-corrected chi connectivity index (χ3v) is 3.51. The zero-order valence-electron chi connectivity index (χ0n) is 10.1. The lowest BCUT2D eigenvalue weighted by atomic mass is 9.95. The third kappa shape index (κ3) is 2.99. The summed E-state index contributed by atoms with van der Waals surface area (Å²) in [5.74, 6) is 1.02. The van der Waals surface area contributed by atoms with Crippen LogP contribution in [-0.4, -0.2) is 13.2 Å². The SMILES string of the molecule is COc1ccccc1C[NH2+]C1CCCCC1. The van der Waals surface area contributed by atoms with E-state index in [4.69, 9.17) is 4.74 Å². The summed E-state index contributed by atoms with van der Waals surface area (Å²) in [6, 6.07) is 9.16. The topological polar surface area (TPSA) is 25.8 Å². The van der Waals surface area contributed by atoms with E-state index in [0.29, 0.717) is 0 Å². The molecule has 2 rings (SSSR count). The fraction of sp³-hybridized carbons (Fsp3) is 0.571. The molecule has 88 valence electrons. The maximum Gasteiger partial charge on any atom is 0.127 e. The molecule has 2 nitrogen and oxygen atoms in total. The summed E-state index contributed by atoms with van der Waals surface area (Å²) >= 11 is 0. The molecule has 1 aliphatic rings. The molecule has 0 heterocycles. The summed E-state index contributed by atoms with van der Waals surface area (Å²) in [5, 5.41) is 2.48. The summed E-state index contributed by atoms with van der Waals surface area (Å²) in [4.78, 5) is 0. The molecule has 0 amide bonds. The Kier molecular flexibility index (Phi) is 4.23. The number of nitrogens with two attached hydrogens (primary N) is 1. The van der Waals surface area contributed by atoms with Crippen LogP contribution in [0.15, 0.2) is 24.3 Å². The van der Waals surface area contributed by atoms with Gasteiger partial charge in [0.15, 0.2) is 0 Å². The predicted molar refractivity (Wildman–Crippen MR) is 65.5 cm³/mol. The second kappa shape index (κ2) is 5.90. The highest BCUT2D eigenvalue weighted by Crippen LogP contribution is 2.17. The monoisotopic (exact) mass is 220 g/mol. The lowest BCUT2D eigenvalue weighted by Gasteiger charge is -2.20. The normalized spacial score (nSPS) is 17.3. The summed E-state index contributed by atoms with van der Waals surface area (Å²) in [5.41, 5.74) is 1.32. The number of para-hydroxylation sites is 1. The van der Waals surface area contributed by atoms with Gasteiger partial charge in [-0.2, -0.15) is 0 Å². The lowest BCUT2D eigenvalue weighted by molar-refractivity contribution is -0.706. The van der Waals surface area contributed by atoms with Crippen LogP contribution < -0.4 is 10.1 Å². The third-order valence-electron chi connectivity index (χ3n) is 3.51. The van der Waals surface area contributed by atoms with E-state index in [1.54, 1.807) is 7.11 Å². The van der Waals surface area contributed by atoms with Gasteiger partial charge < -0.3 is 10.1 Å². The Morgan fingerprint density at radius 2 is 1.94 bits per heavy atom. The van der Waals surface area contributed by atoms with Gasteiger partial charge in [-0.3, -0.25) is 0 Å². The minimum absolute atomic E-state index is 0.832. The van der Waals surface area contributed by atoms with E-state index >= 15 is 0 Å². The van der Waals surface area contributed by atoms with E-state index < -0.39 is 0 Å². The first-order chi connectivity index (χ1) is 7.90. The van der Waals surface area contributed by atoms with E-state index in [1.807, 2.05) is 12.1 Å². The minimum atomic E-state index is 0.832. The number of hydrogen-bond acceptors (Lipinski definition) is 1. The number of methoxy groups -OCH3 is 1. The summed E-state index contributed by atoms with van der Waals surface area (Å²) in [7, 11) is 1.75. The molecule has 1 aliphatic carbocycles.